The Morgan fingerprint density at radius 3 is 2.79 bits per heavy atom. The lowest BCUT2D eigenvalue weighted by molar-refractivity contribution is -0.132. The Bertz CT molecular complexity index is 712. The van der Waals surface area contributed by atoms with Crippen molar-refractivity contribution in [1.82, 2.24) is 9.88 Å². The van der Waals surface area contributed by atoms with Crippen molar-refractivity contribution in [3.8, 4) is 5.88 Å². The number of aromatic nitrogens is 1. The van der Waals surface area contributed by atoms with Gasteiger partial charge in [-0.25, -0.2) is 9.37 Å². The van der Waals surface area contributed by atoms with E-state index in [1.165, 1.54) is 18.3 Å². The molecule has 0 atom stereocenters. The second-order valence-corrected chi connectivity index (χ2v) is 6.15. The van der Waals surface area contributed by atoms with E-state index in [4.69, 9.17) is 4.74 Å². The van der Waals surface area contributed by atoms with Crippen LogP contribution in [-0.4, -0.2) is 35.0 Å². The molecule has 3 rings (SSSR count). The molecule has 126 valence electrons. The maximum Gasteiger partial charge on any atom is 0.250 e. The van der Waals surface area contributed by atoms with Crippen LogP contribution >= 0.6 is 0 Å². The number of carbonyl (C=O) groups is 1. The zero-order valence-electron chi connectivity index (χ0n) is 13.7. The zero-order chi connectivity index (χ0) is 16.9. The van der Waals surface area contributed by atoms with Gasteiger partial charge in [-0.05, 0) is 24.6 Å². The van der Waals surface area contributed by atoms with Crippen molar-refractivity contribution in [2.24, 2.45) is 0 Å². The summed E-state index contributed by atoms with van der Waals surface area (Å²) in [5.74, 6) is -0.277. The van der Waals surface area contributed by atoms with Crippen molar-refractivity contribution in [2.75, 3.05) is 13.1 Å². The third-order valence-electron chi connectivity index (χ3n) is 4.24. The predicted molar refractivity (Wildman–Crippen MR) is 89.3 cm³/mol. The largest absolute Gasteiger partial charge is 0.472 e. The van der Waals surface area contributed by atoms with Crippen LogP contribution in [-0.2, 0) is 11.2 Å². The maximum atomic E-state index is 13.6. The van der Waals surface area contributed by atoms with Gasteiger partial charge in [0.1, 0.15) is 6.10 Å². The van der Waals surface area contributed by atoms with Crippen LogP contribution in [0.3, 0.4) is 0 Å². The minimum Gasteiger partial charge on any atom is -0.472 e. The molecule has 1 aliphatic rings. The molecule has 2 heterocycles. The van der Waals surface area contributed by atoms with Crippen molar-refractivity contribution >= 4 is 5.91 Å². The highest BCUT2D eigenvalue weighted by Gasteiger charge is 2.24. The number of amides is 1. The van der Waals surface area contributed by atoms with E-state index in [0.29, 0.717) is 32.4 Å². The summed E-state index contributed by atoms with van der Waals surface area (Å²) in [6.45, 7) is 3.28. The number of rotatable bonds is 4. The molecule has 1 aromatic carbocycles. The first-order chi connectivity index (χ1) is 11.6. The van der Waals surface area contributed by atoms with E-state index in [9.17, 15) is 9.18 Å². The van der Waals surface area contributed by atoms with Gasteiger partial charge in [-0.3, -0.25) is 4.79 Å². The summed E-state index contributed by atoms with van der Waals surface area (Å²) >= 11 is 0. The Labute approximate surface area is 141 Å². The monoisotopic (exact) mass is 328 g/mol. The fourth-order valence-electron chi connectivity index (χ4n) is 2.95. The molecule has 0 bridgehead atoms. The molecule has 1 saturated heterocycles. The van der Waals surface area contributed by atoms with E-state index in [2.05, 4.69) is 4.98 Å². The first-order valence-electron chi connectivity index (χ1n) is 8.22. The van der Waals surface area contributed by atoms with Crippen LogP contribution in [0.15, 0.2) is 42.6 Å². The topological polar surface area (TPSA) is 42.4 Å². The van der Waals surface area contributed by atoms with Gasteiger partial charge in [0.05, 0.1) is 6.42 Å². The molecular weight excluding hydrogens is 307 g/mol. The lowest BCUT2D eigenvalue weighted by atomic mass is 10.0. The van der Waals surface area contributed by atoms with Crippen LogP contribution in [0, 0.1) is 12.7 Å². The average Bonchev–Trinajstić information content (AvgIpc) is 2.57. The number of aryl methyl sites for hydroxylation is 1. The van der Waals surface area contributed by atoms with Crippen LogP contribution in [0.4, 0.5) is 4.39 Å². The molecule has 1 fully saturated rings. The average molecular weight is 328 g/mol. The van der Waals surface area contributed by atoms with Crippen molar-refractivity contribution in [2.45, 2.75) is 32.3 Å². The van der Waals surface area contributed by atoms with Crippen molar-refractivity contribution in [1.29, 1.82) is 0 Å². The minimum atomic E-state index is -0.449. The van der Waals surface area contributed by atoms with Gasteiger partial charge in [0.15, 0.2) is 5.82 Å². The Morgan fingerprint density at radius 1 is 1.29 bits per heavy atom. The molecular formula is C19H21FN2O2. The molecule has 0 spiro atoms. The number of halogens is 1. The molecule has 0 unspecified atom stereocenters. The van der Waals surface area contributed by atoms with Gasteiger partial charge in [-0.15, -0.1) is 0 Å². The van der Waals surface area contributed by atoms with E-state index < -0.39 is 5.82 Å². The van der Waals surface area contributed by atoms with E-state index in [1.807, 2.05) is 36.1 Å². The number of pyridine rings is 1. The summed E-state index contributed by atoms with van der Waals surface area (Å²) < 4.78 is 19.2. The smallest absolute Gasteiger partial charge is 0.250 e. The van der Waals surface area contributed by atoms with E-state index in [0.717, 1.165) is 11.1 Å². The minimum absolute atomic E-state index is 0.0436. The van der Waals surface area contributed by atoms with Gasteiger partial charge >= 0.3 is 0 Å². The summed E-state index contributed by atoms with van der Waals surface area (Å²) in [7, 11) is 0. The summed E-state index contributed by atoms with van der Waals surface area (Å²) in [4.78, 5) is 18.2. The highest BCUT2D eigenvalue weighted by Crippen LogP contribution is 2.20. The molecule has 0 radical (unpaired) electrons. The lowest BCUT2D eigenvalue weighted by Crippen LogP contribution is -2.42. The normalized spacial score (nSPS) is 15.3. The van der Waals surface area contributed by atoms with Crippen molar-refractivity contribution < 1.29 is 13.9 Å². The molecule has 1 aromatic heterocycles. The van der Waals surface area contributed by atoms with Gasteiger partial charge in [0, 0.05) is 32.1 Å². The third-order valence-corrected chi connectivity index (χ3v) is 4.24. The van der Waals surface area contributed by atoms with Crippen molar-refractivity contribution in [3.63, 3.8) is 0 Å². The van der Waals surface area contributed by atoms with Gasteiger partial charge < -0.3 is 9.64 Å². The Morgan fingerprint density at radius 2 is 2.08 bits per heavy atom. The maximum absolute atomic E-state index is 13.6. The molecule has 24 heavy (non-hydrogen) atoms. The van der Waals surface area contributed by atoms with Crippen LogP contribution in [0.2, 0.25) is 0 Å². The van der Waals surface area contributed by atoms with Gasteiger partial charge in [-0.1, -0.05) is 29.8 Å². The SMILES string of the molecule is Cc1cccc(CC(=O)N2CCC(Oc3ncccc3F)CC2)c1. The molecule has 5 heteroatoms. The Kier molecular flexibility index (Phi) is 5.08. The van der Waals surface area contributed by atoms with E-state index in [-0.39, 0.29) is 17.9 Å². The zero-order valence-corrected chi connectivity index (χ0v) is 13.7. The lowest BCUT2D eigenvalue weighted by Gasteiger charge is -2.32. The summed E-state index contributed by atoms with van der Waals surface area (Å²) in [5, 5.41) is 0. The fourth-order valence-corrected chi connectivity index (χ4v) is 2.95. The highest BCUT2D eigenvalue weighted by molar-refractivity contribution is 5.78. The van der Waals surface area contributed by atoms with Gasteiger partial charge in [0.25, 0.3) is 5.88 Å². The molecule has 0 saturated carbocycles. The Hall–Kier alpha value is -2.43. The number of nitrogens with zero attached hydrogens (tertiary/aromatic N) is 2. The summed E-state index contributed by atoms with van der Waals surface area (Å²) in [6.07, 6.45) is 3.21. The molecule has 4 nitrogen and oxygen atoms in total. The second-order valence-electron chi connectivity index (χ2n) is 6.15. The highest BCUT2D eigenvalue weighted by atomic mass is 19.1. The van der Waals surface area contributed by atoms with Gasteiger partial charge in [-0.2, -0.15) is 0 Å². The van der Waals surface area contributed by atoms with Gasteiger partial charge in [0.2, 0.25) is 5.91 Å². The molecule has 2 aromatic rings. The second kappa shape index (κ2) is 7.43. The molecule has 0 aliphatic carbocycles. The number of likely N-dealkylation sites (tertiary alicyclic amines) is 1. The quantitative estimate of drug-likeness (QED) is 0.866. The van der Waals surface area contributed by atoms with Crippen LogP contribution in [0.5, 0.6) is 5.88 Å². The van der Waals surface area contributed by atoms with Crippen LogP contribution < -0.4 is 4.74 Å². The van der Waals surface area contributed by atoms with Crippen LogP contribution in [0.1, 0.15) is 24.0 Å². The number of hydrogen-bond acceptors (Lipinski definition) is 3. The Balaban J connectivity index is 1.51. The number of piperidine rings is 1. The molecule has 0 N–H and O–H groups in total. The van der Waals surface area contributed by atoms with Crippen molar-refractivity contribution in [3.05, 3.63) is 59.5 Å². The summed E-state index contributed by atoms with van der Waals surface area (Å²) in [5.41, 5.74) is 2.19. The number of benzene rings is 1. The standard InChI is InChI=1S/C19H21FN2O2/c1-14-4-2-5-15(12-14)13-18(23)22-10-7-16(8-11-22)24-19-17(20)6-3-9-21-19/h2-6,9,12,16H,7-8,10-11,13H2,1H3. The fraction of sp³-hybridized carbons (Fsp3) is 0.368. The number of carbonyl (C=O) groups excluding carboxylic acids is 1. The van der Waals surface area contributed by atoms with E-state index >= 15 is 0 Å². The van der Waals surface area contributed by atoms with Crippen LogP contribution in [0.25, 0.3) is 0 Å². The molecule has 1 aliphatic heterocycles. The predicted octanol–water partition coefficient (Wildman–Crippen LogP) is 3.14. The number of hydrogen-bond donors (Lipinski definition) is 0. The third kappa shape index (κ3) is 4.10. The van der Waals surface area contributed by atoms with E-state index in [1.54, 1.807) is 0 Å². The summed E-state index contributed by atoms with van der Waals surface area (Å²) in [6, 6.07) is 10.9. The number of ether oxygens (including phenoxy) is 1. The first-order valence-corrected chi connectivity index (χ1v) is 8.22. The molecule has 1 amide bonds. The first kappa shape index (κ1) is 16.4.